The zero-order valence-corrected chi connectivity index (χ0v) is 8.52. The summed E-state index contributed by atoms with van der Waals surface area (Å²) in [5, 5.41) is 3.76. The van der Waals surface area contributed by atoms with E-state index in [0.717, 1.165) is 25.9 Å². The van der Waals surface area contributed by atoms with Gasteiger partial charge in [-0.1, -0.05) is 11.6 Å². The number of piperidine rings is 1. The van der Waals surface area contributed by atoms with E-state index in [1.165, 1.54) is 6.20 Å². The van der Waals surface area contributed by atoms with Gasteiger partial charge in [0, 0.05) is 11.8 Å². The fourth-order valence-electron chi connectivity index (χ4n) is 1.86. The summed E-state index contributed by atoms with van der Waals surface area (Å²) in [6.45, 7) is 1.88. The van der Waals surface area contributed by atoms with Gasteiger partial charge in [-0.05, 0) is 37.9 Å². The molecule has 0 bridgehead atoms. The fourth-order valence-corrected chi connectivity index (χ4v) is 2.02. The Bertz CT molecular complexity index is 324. The highest BCUT2D eigenvalue weighted by atomic mass is 35.5. The van der Waals surface area contributed by atoms with Crippen LogP contribution in [-0.2, 0) is 0 Å². The molecule has 2 nitrogen and oxygen atoms in total. The highest BCUT2D eigenvalue weighted by Gasteiger charge is 2.19. The lowest BCUT2D eigenvalue weighted by Gasteiger charge is -2.22. The van der Waals surface area contributed by atoms with Crippen LogP contribution in [0.25, 0.3) is 0 Å². The van der Waals surface area contributed by atoms with Gasteiger partial charge in [0.1, 0.15) is 0 Å². The zero-order valence-electron chi connectivity index (χ0n) is 7.76. The SMILES string of the molecule is Fc1ncc(Cl)cc1C1CCNCC1. The number of rotatable bonds is 1. The van der Waals surface area contributed by atoms with Crippen molar-refractivity contribution in [2.75, 3.05) is 13.1 Å². The molecule has 0 aliphatic carbocycles. The lowest BCUT2D eigenvalue weighted by molar-refractivity contribution is 0.438. The van der Waals surface area contributed by atoms with Gasteiger partial charge in [-0.3, -0.25) is 0 Å². The lowest BCUT2D eigenvalue weighted by Crippen LogP contribution is -2.27. The maximum atomic E-state index is 13.4. The largest absolute Gasteiger partial charge is 0.317 e. The molecule has 0 amide bonds. The Hall–Kier alpha value is -0.670. The number of hydrogen-bond acceptors (Lipinski definition) is 2. The third-order valence-corrected chi connectivity index (χ3v) is 2.82. The number of pyridine rings is 1. The predicted octanol–water partition coefficient (Wildman–Crippen LogP) is 2.34. The average Bonchev–Trinajstić information content (AvgIpc) is 2.23. The number of halogens is 2. The Labute approximate surface area is 87.5 Å². The van der Waals surface area contributed by atoms with Crippen LogP contribution in [0.5, 0.6) is 0 Å². The van der Waals surface area contributed by atoms with Crippen LogP contribution < -0.4 is 5.32 Å². The Kier molecular flexibility index (Phi) is 2.99. The van der Waals surface area contributed by atoms with Crippen LogP contribution in [0.3, 0.4) is 0 Å². The minimum absolute atomic E-state index is 0.266. The Morgan fingerprint density at radius 3 is 2.86 bits per heavy atom. The topological polar surface area (TPSA) is 24.9 Å². The molecule has 1 fully saturated rings. The van der Waals surface area contributed by atoms with Gasteiger partial charge in [0.2, 0.25) is 5.95 Å². The summed E-state index contributed by atoms with van der Waals surface area (Å²) >= 11 is 5.79. The molecule has 1 aliphatic rings. The monoisotopic (exact) mass is 214 g/mol. The van der Waals surface area contributed by atoms with Crippen LogP contribution in [0.2, 0.25) is 5.02 Å². The van der Waals surface area contributed by atoms with Gasteiger partial charge >= 0.3 is 0 Å². The molecule has 0 atom stereocenters. The molecular weight excluding hydrogens is 203 g/mol. The van der Waals surface area contributed by atoms with Crippen molar-refractivity contribution in [2.45, 2.75) is 18.8 Å². The lowest BCUT2D eigenvalue weighted by atomic mass is 9.91. The van der Waals surface area contributed by atoms with Gasteiger partial charge in [0.25, 0.3) is 0 Å². The summed E-state index contributed by atoms with van der Waals surface area (Å²) in [4.78, 5) is 3.63. The number of hydrogen-bond donors (Lipinski definition) is 1. The first-order valence-electron chi connectivity index (χ1n) is 4.79. The van der Waals surface area contributed by atoms with E-state index in [2.05, 4.69) is 10.3 Å². The summed E-state index contributed by atoms with van der Waals surface area (Å²) < 4.78 is 13.4. The van der Waals surface area contributed by atoms with Crippen molar-refractivity contribution in [2.24, 2.45) is 0 Å². The second kappa shape index (κ2) is 4.24. The molecular formula is C10H12ClFN2. The molecule has 2 heterocycles. The summed E-state index contributed by atoms with van der Waals surface area (Å²) in [5.41, 5.74) is 0.666. The van der Waals surface area contributed by atoms with Crippen LogP contribution >= 0.6 is 11.6 Å². The van der Waals surface area contributed by atoms with Crippen molar-refractivity contribution in [3.8, 4) is 0 Å². The maximum Gasteiger partial charge on any atom is 0.216 e. The third kappa shape index (κ3) is 2.04. The summed E-state index contributed by atoms with van der Waals surface area (Å²) in [5.74, 6) is -0.108. The minimum Gasteiger partial charge on any atom is -0.317 e. The van der Waals surface area contributed by atoms with Crippen LogP contribution in [0, 0.1) is 5.95 Å². The average molecular weight is 215 g/mol. The Morgan fingerprint density at radius 2 is 2.14 bits per heavy atom. The van der Waals surface area contributed by atoms with Crippen molar-refractivity contribution in [3.05, 3.63) is 28.8 Å². The predicted molar refractivity (Wildman–Crippen MR) is 54.0 cm³/mol. The maximum absolute atomic E-state index is 13.4. The summed E-state index contributed by atoms with van der Waals surface area (Å²) in [7, 11) is 0. The molecule has 1 aromatic heterocycles. The zero-order chi connectivity index (χ0) is 9.97. The molecule has 0 aromatic carbocycles. The number of nitrogens with zero attached hydrogens (tertiary/aromatic N) is 1. The van der Waals surface area contributed by atoms with Crippen molar-refractivity contribution in [3.63, 3.8) is 0 Å². The van der Waals surface area contributed by atoms with Crippen molar-refractivity contribution in [1.29, 1.82) is 0 Å². The molecule has 1 N–H and O–H groups in total. The van der Waals surface area contributed by atoms with Crippen molar-refractivity contribution >= 4 is 11.6 Å². The van der Waals surface area contributed by atoms with Gasteiger partial charge in [0.05, 0.1) is 5.02 Å². The van der Waals surface area contributed by atoms with Crippen LogP contribution in [-0.4, -0.2) is 18.1 Å². The first-order chi connectivity index (χ1) is 6.77. The van der Waals surface area contributed by atoms with Crippen LogP contribution in [0.4, 0.5) is 4.39 Å². The normalized spacial score (nSPS) is 18.4. The molecule has 0 spiro atoms. The molecule has 1 aromatic rings. The molecule has 0 unspecified atom stereocenters. The van der Waals surface area contributed by atoms with Crippen LogP contribution in [0.15, 0.2) is 12.3 Å². The molecule has 1 aliphatic heterocycles. The molecule has 0 saturated carbocycles. The van der Waals surface area contributed by atoms with E-state index >= 15 is 0 Å². The van der Waals surface area contributed by atoms with E-state index < -0.39 is 0 Å². The summed E-state index contributed by atoms with van der Waals surface area (Å²) in [6.07, 6.45) is 3.26. The third-order valence-electron chi connectivity index (χ3n) is 2.61. The highest BCUT2D eigenvalue weighted by Crippen LogP contribution is 2.28. The number of nitrogens with one attached hydrogen (secondary N) is 1. The van der Waals surface area contributed by atoms with E-state index in [-0.39, 0.29) is 11.9 Å². The van der Waals surface area contributed by atoms with E-state index in [4.69, 9.17) is 11.6 Å². The second-order valence-electron chi connectivity index (χ2n) is 3.56. The van der Waals surface area contributed by atoms with E-state index in [1.54, 1.807) is 6.07 Å². The van der Waals surface area contributed by atoms with Gasteiger partial charge in [-0.2, -0.15) is 4.39 Å². The van der Waals surface area contributed by atoms with E-state index in [9.17, 15) is 4.39 Å². The minimum atomic E-state index is -0.374. The Balaban J connectivity index is 2.24. The van der Waals surface area contributed by atoms with Crippen molar-refractivity contribution in [1.82, 2.24) is 10.3 Å². The quantitative estimate of drug-likeness (QED) is 0.726. The first-order valence-corrected chi connectivity index (χ1v) is 5.17. The van der Waals surface area contributed by atoms with Gasteiger partial charge in [-0.25, -0.2) is 4.98 Å². The van der Waals surface area contributed by atoms with Crippen LogP contribution in [0.1, 0.15) is 24.3 Å². The molecule has 1 saturated heterocycles. The van der Waals surface area contributed by atoms with E-state index in [1.807, 2.05) is 0 Å². The highest BCUT2D eigenvalue weighted by molar-refractivity contribution is 6.30. The number of aromatic nitrogens is 1. The van der Waals surface area contributed by atoms with Crippen molar-refractivity contribution < 1.29 is 4.39 Å². The second-order valence-corrected chi connectivity index (χ2v) is 3.99. The Morgan fingerprint density at radius 1 is 1.43 bits per heavy atom. The molecule has 0 radical (unpaired) electrons. The molecule has 76 valence electrons. The fraction of sp³-hybridized carbons (Fsp3) is 0.500. The molecule has 4 heteroatoms. The van der Waals surface area contributed by atoms with Gasteiger partial charge in [-0.15, -0.1) is 0 Å². The van der Waals surface area contributed by atoms with Gasteiger partial charge < -0.3 is 5.32 Å². The smallest absolute Gasteiger partial charge is 0.216 e. The first kappa shape index (κ1) is 9.87. The van der Waals surface area contributed by atoms with Gasteiger partial charge in [0.15, 0.2) is 0 Å². The molecule has 2 rings (SSSR count). The van der Waals surface area contributed by atoms with E-state index in [0.29, 0.717) is 10.6 Å². The standard InChI is InChI=1S/C10H12ClFN2/c11-8-5-9(10(12)14-6-8)7-1-3-13-4-2-7/h5-7,13H,1-4H2. The summed E-state index contributed by atoms with van der Waals surface area (Å²) in [6, 6.07) is 1.69. The molecule has 14 heavy (non-hydrogen) atoms.